The van der Waals surface area contributed by atoms with E-state index in [1.54, 1.807) is 0 Å². The van der Waals surface area contributed by atoms with Crippen molar-refractivity contribution in [1.29, 1.82) is 10.5 Å². The number of nitrogens with zero attached hydrogens (tertiary/aromatic N) is 7. The third kappa shape index (κ3) is 7.26. The van der Waals surface area contributed by atoms with Crippen LogP contribution in [0.1, 0.15) is 11.1 Å². The Kier molecular flexibility index (Phi) is 9.82. The molecule has 302 valence electrons. The van der Waals surface area contributed by atoms with Crippen molar-refractivity contribution >= 4 is 21.8 Å². The Morgan fingerprint density at radius 1 is 0.323 bits per heavy atom. The highest BCUT2D eigenvalue weighted by Gasteiger charge is 2.25. The highest BCUT2D eigenvalue weighted by atomic mass is 15.0. The van der Waals surface area contributed by atoms with E-state index in [0.29, 0.717) is 34.2 Å². The standard InChI is InChI=1S/C58H35N7/c59-36-38-16-15-25-44(30-38)45-28-29-47-46-26-13-14-27-54(46)65(55(47)33-45)56-48(52-34-50(40-17-5-1-6-18-40)61-57(63-52)42-21-9-3-10-22-42)31-39(37-60)32-49(56)53-35-51(41-19-7-2-8-20-41)62-58(64-53)43-23-11-4-12-24-43/h1-35H. The summed E-state index contributed by atoms with van der Waals surface area (Å²) in [7, 11) is 0. The average Bonchev–Trinajstić information content (AvgIpc) is 3.72. The van der Waals surface area contributed by atoms with E-state index >= 15 is 0 Å². The predicted molar refractivity (Wildman–Crippen MR) is 259 cm³/mol. The largest absolute Gasteiger partial charge is 0.308 e. The van der Waals surface area contributed by atoms with Gasteiger partial charge in [-0.2, -0.15) is 10.5 Å². The fraction of sp³-hybridized carbons (Fsp3) is 0. The Hall–Kier alpha value is -9.30. The van der Waals surface area contributed by atoms with Crippen LogP contribution in [0.15, 0.2) is 212 Å². The normalized spacial score (nSPS) is 11.0. The van der Waals surface area contributed by atoms with Gasteiger partial charge in [-0.1, -0.05) is 164 Å². The molecule has 0 aliphatic rings. The lowest BCUT2D eigenvalue weighted by atomic mass is 9.95. The van der Waals surface area contributed by atoms with Gasteiger partial charge >= 0.3 is 0 Å². The number of rotatable bonds is 8. The molecule has 11 aromatic rings. The lowest BCUT2D eigenvalue weighted by Crippen LogP contribution is -2.05. The van der Waals surface area contributed by atoms with Gasteiger partial charge in [0, 0.05) is 44.2 Å². The summed E-state index contributed by atoms with van der Waals surface area (Å²) >= 11 is 0. The summed E-state index contributed by atoms with van der Waals surface area (Å²) in [5.41, 5.74) is 13.4. The maximum Gasteiger partial charge on any atom is 0.160 e. The van der Waals surface area contributed by atoms with Crippen LogP contribution in [-0.2, 0) is 0 Å². The van der Waals surface area contributed by atoms with E-state index in [0.717, 1.165) is 83.4 Å². The summed E-state index contributed by atoms with van der Waals surface area (Å²) < 4.78 is 2.28. The van der Waals surface area contributed by atoms with Crippen molar-refractivity contribution in [3.8, 4) is 96.8 Å². The van der Waals surface area contributed by atoms with Gasteiger partial charge in [-0.3, -0.25) is 0 Å². The van der Waals surface area contributed by atoms with E-state index in [2.05, 4.69) is 59.2 Å². The minimum absolute atomic E-state index is 0.441. The van der Waals surface area contributed by atoms with E-state index in [-0.39, 0.29) is 0 Å². The highest BCUT2D eigenvalue weighted by molar-refractivity contribution is 6.11. The van der Waals surface area contributed by atoms with E-state index in [9.17, 15) is 10.5 Å². The van der Waals surface area contributed by atoms with E-state index in [1.165, 1.54) is 0 Å². The van der Waals surface area contributed by atoms with Crippen molar-refractivity contribution in [2.24, 2.45) is 0 Å². The van der Waals surface area contributed by atoms with Gasteiger partial charge in [0.05, 0.1) is 62.8 Å². The Morgan fingerprint density at radius 3 is 1.31 bits per heavy atom. The monoisotopic (exact) mass is 829 g/mol. The molecular weight excluding hydrogens is 795 g/mol. The number of nitriles is 2. The third-order valence-electron chi connectivity index (χ3n) is 11.7. The molecule has 0 aliphatic carbocycles. The van der Waals surface area contributed by atoms with Crippen molar-refractivity contribution in [2.45, 2.75) is 0 Å². The number of hydrogen-bond donors (Lipinski definition) is 0. The van der Waals surface area contributed by atoms with Crippen molar-refractivity contribution in [3.05, 3.63) is 223 Å². The topological polar surface area (TPSA) is 104 Å². The van der Waals surface area contributed by atoms with Gasteiger partial charge in [0.2, 0.25) is 0 Å². The molecule has 8 aromatic carbocycles. The molecule has 0 spiro atoms. The molecule has 0 radical (unpaired) electrons. The Morgan fingerprint density at radius 2 is 0.769 bits per heavy atom. The van der Waals surface area contributed by atoms with Crippen LogP contribution in [-0.4, -0.2) is 24.5 Å². The molecule has 0 aliphatic heterocycles. The highest BCUT2D eigenvalue weighted by Crippen LogP contribution is 2.44. The van der Waals surface area contributed by atoms with Gasteiger partial charge in [-0.05, 0) is 59.7 Å². The summed E-state index contributed by atoms with van der Waals surface area (Å²) in [5, 5.41) is 22.9. The fourth-order valence-electron chi connectivity index (χ4n) is 8.61. The van der Waals surface area contributed by atoms with Gasteiger partial charge in [-0.15, -0.1) is 0 Å². The van der Waals surface area contributed by atoms with Crippen molar-refractivity contribution in [1.82, 2.24) is 24.5 Å². The minimum Gasteiger partial charge on any atom is -0.308 e. The van der Waals surface area contributed by atoms with Crippen LogP contribution in [0.5, 0.6) is 0 Å². The fourth-order valence-corrected chi connectivity index (χ4v) is 8.61. The first kappa shape index (κ1) is 38.6. The number of benzene rings is 8. The second-order valence-corrected chi connectivity index (χ2v) is 15.7. The molecule has 0 amide bonds. The maximum atomic E-state index is 10.9. The van der Waals surface area contributed by atoms with Crippen molar-refractivity contribution in [2.75, 3.05) is 0 Å². The number of fused-ring (bicyclic) bond motifs is 3. The summed E-state index contributed by atoms with van der Waals surface area (Å²) in [4.78, 5) is 21.0. The molecule has 0 unspecified atom stereocenters. The summed E-state index contributed by atoms with van der Waals surface area (Å²) in [5.74, 6) is 1.11. The minimum atomic E-state index is 0.441. The van der Waals surface area contributed by atoms with Gasteiger partial charge in [0.1, 0.15) is 0 Å². The van der Waals surface area contributed by atoms with Gasteiger partial charge in [-0.25, -0.2) is 19.9 Å². The molecule has 3 aromatic heterocycles. The molecule has 0 saturated heterocycles. The molecule has 3 heterocycles. The molecule has 7 nitrogen and oxygen atoms in total. The zero-order valence-electron chi connectivity index (χ0n) is 34.8. The molecule has 0 bridgehead atoms. The van der Waals surface area contributed by atoms with Crippen LogP contribution in [0.3, 0.4) is 0 Å². The Labute approximate surface area is 375 Å². The molecule has 0 fully saturated rings. The van der Waals surface area contributed by atoms with Gasteiger partial charge in [0.25, 0.3) is 0 Å². The molecular formula is C58H35N7. The van der Waals surface area contributed by atoms with Crippen molar-refractivity contribution < 1.29 is 0 Å². The van der Waals surface area contributed by atoms with Crippen LogP contribution in [0.2, 0.25) is 0 Å². The molecule has 11 rings (SSSR count). The summed E-state index contributed by atoms with van der Waals surface area (Å²) in [6, 6.07) is 75.4. The first-order valence-corrected chi connectivity index (χ1v) is 21.2. The Balaban J connectivity index is 1.30. The quantitative estimate of drug-likeness (QED) is 0.151. The smallest absolute Gasteiger partial charge is 0.160 e. The van der Waals surface area contributed by atoms with Crippen LogP contribution in [0.4, 0.5) is 0 Å². The molecule has 7 heteroatoms. The lowest BCUT2D eigenvalue weighted by molar-refractivity contribution is 1.14. The number of hydrogen-bond acceptors (Lipinski definition) is 6. The second kappa shape index (κ2) is 16.5. The maximum absolute atomic E-state index is 10.9. The van der Waals surface area contributed by atoms with Crippen LogP contribution in [0, 0.1) is 22.7 Å². The summed E-state index contributed by atoms with van der Waals surface area (Å²) in [6.45, 7) is 0. The Bertz CT molecular complexity index is 3400. The van der Waals surface area contributed by atoms with E-state index < -0.39 is 0 Å². The SMILES string of the molecule is N#Cc1cccc(-c2ccc3c4ccccc4n(-c4c(-c5cc(-c6ccccc6)nc(-c6ccccc6)n5)cc(C#N)cc4-c4cc(-c5ccccc5)nc(-c5ccccc5)n4)c3c2)c1. The summed E-state index contributed by atoms with van der Waals surface area (Å²) in [6.07, 6.45) is 0. The number of aromatic nitrogens is 5. The van der Waals surface area contributed by atoms with Crippen LogP contribution >= 0.6 is 0 Å². The molecule has 65 heavy (non-hydrogen) atoms. The van der Waals surface area contributed by atoms with Crippen molar-refractivity contribution in [3.63, 3.8) is 0 Å². The zero-order chi connectivity index (χ0) is 43.7. The third-order valence-corrected chi connectivity index (χ3v) is 11.7. The van der Waals surface area contributed by atoms with Gasteiger partial charge in [0.15, 0.2) is 11.6 Å². The first-order chi connectivity index (χ1) is 32.1. The first-order valence-electron chi connectivity index (χ1n) is 21.2. The molecule has 0 saturated carbocycles. The van der Waals surface area contributed by atoms with Crippen LogP contribution < -0.4 is 0 Å². The van der Waals surface area contributed by atoms with Crippen LogP contribution in [0.25, 0.3) is 106 Å². The molecule has 0 N–H and O–H groups in total. The zero-order valence-corrected chi connectivity index (χ0v) is 34.8. The average molecular weight is 830 g/mol. The second-order valence-electron chi connectivity index (χ2n) is 15.7. The van der Waals surface area contributed by atoms with Gasteiger partial charge < -0.3 is 4.57 Å². The van der Waals surface area contributed by atoms with E-state index in [1.807, 2.05) is 170 Å². The number of para-hydroxylation sites is 1. The molecule has 0 atom stereocenters. The lowest BCUT2D eigenvalue weighted by Gasteiger charge is -2.20. The predicted octanol–water partition coefficient (Wildman–Crippen LogP) is 13.8. The van der Waals surface area contributed by atoms with E-state index in [4.69, 9.17) is 19.9 Å².